The quantitative estimate of drug-likeness (QED) is 0.434. The molecule has 0 aliphatic heterocycles. The highest BCUT2D eigenvalue weighted by Crippen LogP contribution is 2.15. The van der Waals surface area contributed by atoms with E-state index in [1.165, 1.54) is 12.1 Å². The molecule has 88 valence electrons. The highest BCUT2D eigenvalue weighted by Gasteiger charge is 2.09. The van der Waals surface area contributed by atoms with Crippen LogP contribution in [0.2, 0.25) is 0 Å². The molecule has 3 N–H and O–H groups in total. The molecule has 0 bridgehead atoms. The number of nitrogens with two attached hydrogens (primary N) is 1. The minimum atomic E-state index is -0.605. The van der Waals surface area contributed by atoms with Crippen LogP contribution in [-0.2, 0) is 6.54 Å². The predicted octanol–water partition coefficient (Wildman–Crippen LogP) is 1.17. The summed E-state index contributed by atoms with van der Waals surface area (Å²) < 4.78 is 13.0. The summed E-state index contributed by atoms with van der Waals surface area (Å²) in [6.45, 7) is 1.69. The van der Waals surface area contributed by atoms with Crippen molar-refractivity contribution in [2.24, 2.45) is 5.73 Å². The average Bonchev–Trinajstić information content (AvgIpc) is 2.23. The molecule has 16 heavy (non-hydrogen) atoms. The number of halogens is 1. The van der Waals surface area contributed by atoms with Gasteiger partial charge in [-0.1, -0.05) is 0 Å². The molecular weight excluding hydrogens is 213 g/mol. The highest BCUT2D eigenvalue weighted by atomic mass is 19.1. The number of nitrogens with zero attached hydrogens (tertiary/aromatic N) is 1. The summed E-state index contributed by atoms with van der Waals surface area (Å²) in [5.41, 5.74) is 5.64. The van der Waals surface area contributed by atoms with Gasteiger partial charge in [-0.25, -0.2) is 4.39 Å². The van der Waals surface area contributed by atoms with E-state index in [4.69, 9.17) is 5.73 Å². The minimum absolute atomic E-state index is 0.226. The molecule has 0 radical (unpaired) electrons. The van der Waals surface area contributed by atoms with Crippen LogP contribution >= 0.6 is 0 Å². The van der Waals surface area contributed by atoms with Crippen LogP contribution < -0.4 is 11.1 Å². The van der Waals surface area contributed by atoms with Gasteiger partial charge in [0, 0.05) is 12.6 Å². The van der Waals surface area contributed by atoms with Gasteiger partial charge in [0.2, 0.25) is 0 Å². The lowest BCUT2D eigenvalue weighted by molar-refractivity contribution is -0.385. The van der Waals surface area contributed by atoms with Crippen molar-refractivity contribution in [3.8, 4) is 0 Å². The molecule has 0 unspecified atom stereocenters. The Morgan fingerprint density at radius 1 is 1.44 bits per heavy atom. The zero-order valence-electron chi connectivity index (χ0n) is 8.78. The van der Waals surface area contributed by atoms with Gasteiger partial charge in [0.15, 0.2) is 0 Å². The van der Waals surface area contributed by atoms with E-state index in [1.807, 2.05) is 0 Å². The van der Waals surface area contributed by atoms with Crippen LogP contribution in [-0.4, -0.2) is 18.0 Å². The summed E-state index contributed by atoms with van der Waals surface area (Å²) >= 11 is 0. The van der Waals surface area contributed by atoms with Crippen molar-refractivity contribution < 1.29 is 9.31 Å². The summed E-state index contributed by atoms with van der Waals surface area (Å²) in [6.07, 6.45) is 0.817. The van der Waals surface area contributed by atoms with E-state index in [1.54, 1.807) is 0 Å². The fourth-order valence-electron chi connectivity index (χ4n) is 1.30. The van der Waals surface area contributed by atoms with Crippen LogP contribution in [0.1, 0.15) is 12.0 Å². The zero-order chi connectivity index (χ0) is 12.0. The standard InChI is InChI=1S/C10H14FN3O2/c11-9-4-8(7-13-3-1-2-12)5-10(6-9)14(15)16/h4-6,13H,1-3,7,12H2. The molecule has 5 nitrogen and oxygen atoms in total. The number of nitro benzene ring substituents is 1. The normalized spacial score (nSPS) is 10.4. The summed E-state index contributed by atoms with van der Waals surface area (Å²) in [4.78, 5) is 9.88. The third kappa shape index (κ3) is 3.92. The van der Waals surface area contributed by atoms with E-state index < -0.39 is 10.7 Å². The SMILES string of the molecule is NCCCNCc1cc(F)cc([N+](=O)[O-])c1. The third-order valence-electron chi connectivity index (χ3n) is 2.04. The summed E-state index contributed by atoms with van der Waals surface area (Å²) in [7, 11) is 0. The van der Waals surface area contributed by atoms with Crippen LogP contribution in [0.15, 0.2) is 18.2 Å². The van der Waals surface area contributed by atoms with Crippen LogP contribution in [0, 0.1) is 15.9 Å². The van der Waals surface area contributed by atoms with Crippen molar-refractivity contribution in [1.29, 1.82) is 0 Å². The van der Waals surface area contributed by atoms with Gasteiger partial charge in [0.05, 0.1) is 11.0 Å². The van der Waals surface area contributed by atoms with Crippen molar-refractivity contribution in [3.63, 3.8) is 0 Å². The second-order valence-corrected chi connectivity index (χ2v) is 3.39. The van der Waals surface area contributed by atoms with Crippen molar-refractivity contribution in [3.05, 3.63) is 39.7 Å². The number of hydrogen-bond donors (Lipinski definition) is 2. The molecule has 1 aromatic carbocycles. The first-order chi connectivity index (χ1) is 7.63. The molecule has 0 atom stereocenters. The van der Waals surface area contributed by atoms with E-state index >= 15 is 0 Å². The van der Waals surface area contributed by atoms with Gasteiger partial charge < -0.3 is 11.1 Å². The zero-order valence-corrected chi connectivity index (χ0v) is 8.78. The fraction of sp³-hybridized carbons (Fsp3) is 0.400. The Kier molecular flexibility index (Phi) is 4.81. The Balaban J connectivity index is 2.62. The molecular formula is C10H14FN3O2. The van der Waals surface area contributed by atoms with Crippen molar-refractivity contribution in [1.82, 2.24) is 5.32 Å². The lowest BCUT2D eigenvalue weighted by atomic mass is 10.2. The number of nitrogens with one attached hydrogen (secondary N) is 1. The Labute approximate surface area is 92.6 Å². The topological polar surface area (TPSA) is 81.2 Å². The minimum Gasteiger partial charge on any atom is -0.330 e. The number of nitro groups is 1. The van der Waals surface area contributed by atoms with Crippen LogP contribution in [0.3, 0.4) is 0 Å². The van der Waals surface area contributed by atoms with Crippen molar-refractivity contribution >= 4 is 5.69 Å². The largest absolute Gasteiger partial charge is 0.330 e. The fourth-order valence-corrected chi connectivity index (χ4v) is 1.30. The maximum absolute atomic E-state index is 13.0. The molecule has 0 aliphatic rings. The summed E-state index contributed by atoms with van der Waals surface area (Å²) in [5, 5.41) is 13.5. The van der Waals surface area contributed by atoms with Gasteiger partial charge in [0.1, 0.15) is 5.82 Å². The van der Waals surface area contributed by atoms with Gasteiger partial charge in [-0.15, -0.1) is 0 Å². The predicted molar refractivity (Wildman–Crippen MR) is 58.4 cm³/mol. The monoisotopic (exact) mass is 227 g/mol. The van der Waals surface area contributed by atoms with Gasteiger partial charge in [-0.3, -0.25) is 10.1 Å². The first kappa shape index (κ1) is 12.5. The van der Waals surface area contributed by atoms with Crippen LogP contribution in [0.5, 0.6) is 0 Å². The van der Waals surface area contributed by atoms with Crippen molar-refractivity contribution in [2.75, 3.05) is 13.1 Å². The summed E-state index contributed by atoms with van der Waals surface area (Å²) in [6, 6.07) is 3.55. The second-order valence-electron chi connectivity index (χ2n) is 3.39. The maximum Gasteiger partial charge on any atom is 0.272 e. The Morgan fingerprint density at radius 2 is 2.19 bits per heavy atom. The Morgan fingerprint density at radius 3 is 2.81 bits per heavy atom. The van der Waals surface area contributed by atoms with E-state index in [0.717, 1.165) is 12.5 Å². The molecule has 0 aromatic heterocycles. The Bertz CT molecular complexity index is 371. The molecule has 0 spiro atoms. The first-order valence-electron chi connectivity index (χ1n) is 4.98. The number of rotatable bonds is 6. The van der Waals surface area contributed by atoms with Crippen LogP contribution in [0.4, 0.5) is 10.1 Å². The third-order valence-corrected chi connectivity index (χ3v) is 2.04. The molecule has 1 aromatic rings. The van der Waals surface area contributed by atoms with E-state index in [-0.39, 0.29) is 5.69 Å². The second kappa shape index (κ2) is 6.14. The highest BCUT2D eigenvalue weighted by molar-refractivity contribution is 5.35. The maximum atomic E-state index is 13.0. The van der Waals surface area contributed by atoms with Gasteiger partial charge in [0.25, 0.3) is 5.69 Å². The lowest BCUT2D eigenvalue weighted by Crippen LogP contribution is -2.17. The molecule has 1 rings (SSSR count). The van der Waals surface area contributed by atoms with Gasteiger partial charge in [-0.05, 0) is 31.1 Å². The average molecular weight is 227 g/mol. The number of non-ortho nitro benzene ring substituents is 1. The van der Waals surface area contributed by atoms with Crippen molar-refractivity contribution in [2.45, 2.75) is 13.0 Å². The van der Waals surface area contributed by atoms with E-state index in [2.05, 4.69) is 5.32 Å². The Hall–Kier alpha value is -1.53. The van der Waals surface area contributed by atoms with Gasteiger partial charge >= 0.3 is 0 Å². The number of benzene rings is 1. The van der Waals surface area contributed by atoms with E-state index in [0.29, 0.717) is 25.2 Å². The molecule has 0 saturated carbocycles. The first-order valence-corrected chi connectivity index (χ1v) is 4.98. The molecule has 0 heterocycles. The van der Waals surface area contributed by atoms with Crippen LogP contribution in [0.25, 0.3) is 0 Å². The molecule has 0 aliphatic carbocycles. The summed E-state index contributed by atoms with van der Waals surface area (Å²) in [5.74, 6) is -0.593. The molecule has 6 heteroatoms. The molecule has 0 fully saturated rings. The smallest absolute Gasteiger partial charge is 0.272 e. The molecule has 0 amide bonds. The van der Waals surface area contributed by atoms with E-state index in [9.17, 15) is 14.5 Å². The number of hydrogen-bond acceptors (Lipinski definition) is 4. The van der Waals surface area contributed by atoms with Gasteiger partial charge in [-0.2, -0.15) is 0 Å². The molecule has 0 saturated heterocycles. The lowest BCUT2D eigenvalue weighted by Gasteiger charge is -2.04.